The Morgan fingerprint density at radius 2 is 2.14 bits per heavy atom. The first-order chi connectivity index (χ1) is 9.79. The molecule has 1 fully saturated rings. The van der Waals surface area contributed by atoms with E-state index < -0.39 is 11.7 Å². The van der Waals surface area contributed by atoms with Crippen LogP contribution in [-0.2, 0) is 12.6 Å². The number of benzene rings is 1. The summed E-state index contributed by atoms with van der Waals surface area (Å²) in [7, 11) is 1.76. The first kappa shape index (κ1) is 16.5. The second-order valence-corrected chi connectivity index (χ2v) is 6.81. The molecular formula is C15H21F3N2S. The lowest BCUT2D eigenvalue weighted by atomic mass is 10.0. The van der Waals surface area contributed by atoms with Gasteiger partial charge in [0.1, 0.15) is 0 Å². The summed E-state index contributed by atoms with van der Waals surface area (Å²) in [5, 5.41) is 0. The molecule has 0 aliphatic carbocycles. The molecule has 1 aromatic carbocycles. The van der Waals surface area contributed by atoms with E-state index in [-0.39, 0.29) is 17.8 Å². The molecule has 2 rings (SSSR count). The molecule has 21 heavy (non-hydrogen) atoms. The summed E-state index contributed by atoms with van der Waals surface area (Å²) in [6.07, 6.45) is -2.96. The Hall–Kier alpha value is -0.880. The Kier molecular flexibility index (Phi) is 5.09. The summed E-state index contributed by atoms with van der Waals surface area (Å²) in [6.45, 7) is 1.79. The van der Waals surface area contributed by atoms with Crippen molar-refractivity contribution in [2.45, 2.75) is 38.0 Å². The molecule has 0 radical (unpaired) electrons. The van der Waals surface area contributed by atoms with Gasteiger partial charge in [-0.1, -0.05) is 6.07 Å². The Labute approximate surface area is 127 Å². The van der Waals surface area contributed by atoms with Gasteiger partial charge in [-0.15, -0.1) is 0 Å². The summed E-state index contributed by atoms with van der Waals surface area (Å²) in [4.78, 5) is 1.78. The van der Waals surface area contributed by atoms with Gasteiger partial charge in [0, 0.05) is 30.6 Å². The maximum atomic E-state index is 13.3. The highest BCUT2D eigenvalue weighted by atomic mass is 32.2. The lowest BCUT2D eigenvalue weighted by Crippen LogP contribution is -2.33. The Morgan fingerprint density at radius 1 is 1.43 bits per heavy atom. The average molecular weight is 318 g/mol. The van der Waals surface area contributed by atoms with E-state index in [9.17, 15) is 13.2 Å². The Morgan fingerprint density at radius 3 is 2.67 bits per heavy atom. The van der Waals surface area contributed by atoms with Crippen LogP contribution in [-0.4, -0.2) is 30.6 Å². The van der Waals surface area contributed by atoms with E-state index in [1.165, 1.54) is 6.07 Å². The average Bonchev–Trinajstić information content (AvgIpc) is 2.90. The van der Waals surface area contributed by atoms with Gasteiger partial charge < -0.3 is 10.6 Å². The molecule has 1 saturated heterocycles. The van der Waals surface area contributed by atoms with E-state index >= 15 is 0 Å². The second-order valence-electron chi connectivity index (χ2n) is 5.66. The SMILES string of the molecule is CC(N)Cc1ccc(N(C)C2CCSC2)c(C(F)(F)F)c1. The minimum atomic E-state index is -4.34. The van der Waals surface area contributed by atoms with Crippen LogP contribution in [0, 0.1) is 0 Å². The summed E-state index contributed by atoms with van der Waals surface area (Å²) in [5.74, 6) is 1.90. The van der Waals surface area contributed by atoms with Gasteiger partial charge in [-0.05, 0) is 43.2 Å². The number of nitrogens with zero attached hydrogens (tertiary/aromatic N) is 1. The van der Waals surface area contributed by atoms with Gasteiger partial charge in [0.05, 0.1) is 5.56 Å². The number of halogens is 3. The van der Waals surface area contributed by atoms with Crippen LogP contribution in [0.4, 0.5) is 18.9 Å². The zero-order chi connectivity index (χ0) is 15.6. The van der Waals surface area contributed by atoms with E-state index in [1.807, 2.05) is 0 Å². The van der Waals surface area contributed by atoms with Crippen molar-refractivity contribution in [1.29, 1.82) is 0 Å². The minimum absolute atomic E-state index is 0.152. The summed E-state index contributed by atoms with van der Waals surface area (Å²) in [5.41, 5.74) is 6.03. The van der Waals surface area contributed by atoms with Gasteiger partial charge in [-0.25, -0.2) is 0 Å². The number of thioether (sulfide) groups is 1. The standard InChI is InChI=1S/C15H21F3N2S/c1-10(19)7-11-3-4-14(13(8-11)15(16,17)18)20(2)12-5-6-21-9-12/h3-4,8,10,12H,5-7,9,19H2,1-2H3. The molecular weight excluding hydrogens is 297 g/mol. The van der Waals surface area contributed by atoms with Crippen molar-refractivity contribution >= 4 is 17.4 Å². The van der Waals surface area contributed by atoms with Crippen molar-refractivity contribution in [3.63, 3.8) is 0 Å². The smallest absolute Gasteiger partial charge is 0.370 e. The van der Waals surface area contributed by atoms with Crippen LogP contribution < -0.4 is 10.6 Å². The van der Waals surface area contributed by atoms with Crippen LogP contribution in [0.2, 0.25) is 0 Å². The molecule has 0 amide bonds. The normalized spacial score (nSPS) is 20.6. The molecule has 0 saturated carbocycles. The van der Waals surface area contributed by atoms with Crippen LogP contribution in [0.5, 0.6) is 0 Å². The largest absolute Gasteiger partial charge is 0.418 e. The van der Waals surface area contributed by atoms with E-state index in [4.69, 9.17) is 5.73 Å². The molecule has 6 heteroatoms. The topological polar surface area (TPSA) is 29.3 Å². The molecule has 1 aliphatic heterocycles. The predicted octanol–water partition coefficient (Wildman–Crippen LogP) is 3.54. The molecule has 1 aliphatic rings. The zero-order valence-corrected chi connectivity index (χ0v) is 13.1. The third-order valence-electron chi connectivity index (χ3n) is 3.76. The van der Waals surface area contributed by atoms with Gasteiger partial charge in [-0.3, -0.25) is 0 Å². The first-order valence-electron chi connectivity index (χ1n) is 7.05. The fourth-order valence-corrected chi connectivity index (χ4v) is 3.91. The quantitative estimate of drug-likeness (QED) is 0.921. The van der Waals surface area contributed by atoms with Crippen molar-refractivity contribution in [2.24, 2.45) is 5.73 Å². The van der Waals surface area contributed by atoms with Gasteiger partial charge in [0.15, 0.2) is 0 Å². The molecule has 0 spiro atoms. The highest BCUT2D eigenvalue weighted by Gasteiger charge is 2.36. The first-order valence-corrected chi connectivity index (χ1v) is 8.21. The van der Waals surface area contributed by atoms with Crippen molar-refractivity contribution in [1.82, 2.24) is 0 Å². The number of alkyl halides is 3. The van der Waals surface area contributed by atoms with E-state index in [0.29, 0.717) is 12.0 Å². The number of anilines is 1. The summed E-state index contributed by atoms with van der Waals surface area (Å²) < 4.78 is 40.0. The Balaban J connectivity index is 2.35. The molecule has 118 valence electrons. The van der Waals surface area contributed by atoms with Crippen LogP contribution >= 0.6 is 11.8 Å². The fraction of sp³-hybridized carbons (Fsp3) is 0.600. The summed E-state index contributed by atoms with van der Waals surface area (Å²) in [6, 6.07) is 4.61. The van der Waals surface area contributed by atoms with Crippen LogP contribution in [0.1, 0.15) is 24.5 Å². The lowest BCUT2D eigenvalue weighted by molar-refractivity contribution is -0.137. The molecule has 1 aromatic rings. The monoisotopic (exact) mass is 318 g/mol. The van der Waals surface area contributed by atoms with E-state index in [1.54, 1.807) is 42.8 Å². The number of hydrogen-bond acceptors (Lipinski definition) is 3. The third-order valence-corrected chi connectivity index (χ3v) is 4.90. The predicted molar refractivity (Wildman–Crippen MR) is 82.9 cm³/mol. The van der Waals surface area contributed by atoms with Crippen LogP contribution in [0.15, 0.2) is 18.2 Å². The Bertz CT molecular complexity index is 482. The van der Waals surface area contributed by atoms with Crippen LogP contribution in [0.3, 0.4) is 0 Å². The van der Waals surface area contributed by atoms with Crippen LogP contribution in [0.25, 0.3) is 0 Å². The van der Waals surface area contributed by atoms with E-state index in [2.05, 4.69) is 0 Å². The third kappa shape index (κ3) is 4.07. The molecule has 0 bridgehead atoms. The van der Waals surface area contributed by atoms with Gasteiger partial charge in [0.25, 0.3) is 0 Å². The van der Waals surface area contributed by atoms with Crippen molar-refractivity contribution in [2.75, 3.05) is 23.5 Å². The highest BCUT2D eigenvalue weighted by Crippen LogP contribution is 2.39. The molecule has 2 unspecified atom stereocenters. The highest BCUT2D eigenvalue weighted by molar-refractivity contribution is 7.99. The zero-order valence-electron chi connectivity index (χ0n) is 12.3. The van der Waals surface area contributed by atoms with E-state index in [0.717, 1.165) is 17.9 Å². The molecule has 2 nitrogen and oxygen atoms in total. The van der Waals surface area contributed by atoms with Gasteiger partial charge >= 0.3 is 6.18 Å². The summed E-state index contributed by atoms with van der Waals surface area (Å²) >= 11 is 1.79. The van der Waals surface area contributed by atoms with Gasteiger partial charge in [0.2, 0.25) is 0 Å². The van der Waals surface area contributed by atoms with Crippen molar-refractivity contribution in [3.8, 4) is 0 Å². The number of nitrogens with two attached hydrogens (primary N) is 1. The van der Waals surface area contributed by atoms with Crippen molar-refractivity contribution in [3.05, 3.63) is 29.3 Å². The second kappa shape index (κ2) is 6.48. The lowest BCUT2D eigenvalue weighted by Gasteiger charge is -2.29. The fourth-order valence-electron chi connectivity index (χ4n) is 2.64. The molecule has 0 aromatic heterocycles. The van der Waals surface area contributed by atoms with Crippen molar-refractivity contribution < 1.29 is 13.2 Å². The molecule has 2 N–H and O–H groups in total. The maximum Gasteiger partial charge on any atom is 0.418 e. The number of hydrogen-bond donors (Lipinski definition) is 1. The van der Waals surface area contributed by atoms with Gasteiger partial charge in [-0.2, -0.15) is 24.9 Å². The minimum Gasteiger partial charge on any atom is -0.370 e. The number of rotatable bonds is 4. The maximum absolute atomic E-state index is 13.3. The molecule has 2 atom stereocenters. The molecule has 1 heterocycles.